The summed E-state index contributed by atoms with van der Waals surface area (Å²) < 4.78 is 0. The molecule has 0 aliphatic carbocycles. The van der Waals surface area contributed by atoms with Gasteiger partial charge < -0.3 is 10.4 Å². The number of nitrogens with one attached hydrogen (secondary N) is 1. The quantitative estimate of drug-likeness (QED) is 0.851. The van der Waals surface area contributed by atoms with Crippen LogP contribution in [-0.4, -0.2) is 23.7 Å². The van der Waals surface area contributed by atoms with Gasteiger partial charge in [-0.15, -0.1) is 0 Å². The van der Waals surface area contributed by atoms with Crippen LogP contribution in [0.15, 0.2) is 42.5 Å². The lowest BCUT2D eigenvalue weighted by molar-refractivity contribution is -0.122. The van der Waals surface area contributed by atoms with Crippen molar-refractivity contribution in [3.8, 4) is 0 Å². The molecule has 2 N–H and O–H groups in total. The minimum Gasteiger partial charge on any atom is -0.393 e. The lowest BCUT2D eigenvalue weighted by Crippen LogP contribution is -2.37. The lowest BCUT2D eigenvalue weighted by Gasteiger charge is -2.27. The minimum atomic E-state index is -0.361. The van der Waals surface area contributed by atoms with Gasteiger partial charge in [0.25, 0.3) is 0 Å². The number of carbonyl (C=O) groups is 1. The highest BCUT2D eigenvalue weighted by Crippen LogP contribution is 2.24. The Bertz CT molecular complexity index is 676. The summed E-state index contributed by atoms with van der Waals surface area (Å²) >= 11 is 0. The SMILES string of the molecule is CC(O)CC(C)(C)CNC(=O)C(C)c1ccc2ccccc2c1. The van der Waals surface area contributed by atoms with E-state index in [4.69, 9.17) is 0 Å². The first kappa shape index (κ1) is 17.5. The first-order valence-electron chi connectivity index (χ1n) is 8.23. The van der Waals surface area contributed by atoms with Crippen molar-refractivity contribution in [2.45, 2.75) is 46.1 Å². The summed E-state index contributed by atoms with van der Waals surface area (Å²) in [4.78, 5) is 12.4. The van der Waals surface area contributed by atoms with Crippen molar-refractivity contribution >= 4 is 16.7 Å². The van der Waals surface area contributed by atoms with Gasteiger partial charge in [-0.1, -0.05) is 56.3 Å². The molecule has 1 amide bonds. The molecule has 3 heteroatoms. The summed E-state index contributed by atoms with van der Waals surface area (Å²) in [6.45, 7) is 8.39. The number of amides is 1. The first-order valence-corrected chi connectivity index (χ1v) is 8.23. The van der Waals surface area contributed by atoms with Crippen LogP contribution in [0.25, 0.3) is 10.8 Å². The van der Waals surface area contributed by atoms with Gasteiger partial charge in [-0.3, -0.25) is 4.79 Å². The van der Waals surface area contributed by atoms with Crippen molar-refractivity contribution in [1.29, 1.82) is 0 Å². The number of aliphatic hydroxyl groups is 1. The van der Waals surface area contributed by atoms with E-state index in [-0.39, 0.29) is 23.3 Å². The molecule has 0 saturated carbocycles. The second-order valence-corrected chi connectivity index (χ2v) is 7.26. The van der Waals surface area contributed by atoms with Gasteiger partial charge in [0, 0.05) is 6.54 Å². The molecule has 0 fully saturated rings. The molecule has 0 bridgehead atoms. The number of hydrogen-bond donors (Lipinski definition) is 2. The van der Waals surface area contributed by atoms with E-state index in [1.54, 1.807) is 6.92 Å². The van der Waals surface area contributed by atoms with E-state index in [0.29, 0.717) is 13.0 Å². The fraction of sp³-hybridized carbons (Fsp3) is 0.450. The van der Waals surface area contributed by atoms with Gasteiger partial charge in [0.2, 0.25) is 5.91 Å². The van der Waals surface area contributed by atoms with Crippen LogP contribution in [0.1, 0.15) is 45.6 Å². The molecule has 0 aliphatic rings. The number of hydrogen-bond acceptors (Lipinski definition) is 2. The Hall–Kier alpha value is -1.87. The Morgan fingerprint density at radius 3 is 2.43 bits per heavy atom. The normalized spacial score (nSPS) is 14.5. The number of rotatable bonds is 6. The van der Waals surface area contributed by atoms with Crippen molar-refractivity contribution in [3.05, 3.63) is 48.0 Å². The first-order chi connectivity index (χ1) is 10.8. The average molecular weight is 313 g/mol. The molecule has 0 aromatic heterocycles. The monoisotopic (exact) mass is 313 g/mol. The Labute approximate surface area is 138 Å². The molecule has 2 aromatic carbocycles. The second kappa shape index (κ2) is 7.14. The molecule has 0 saturated heterocycles. The Balaban J connectivity index is 2.03. The topological polar surface area (TPSA) is 49.3 Å². The summed E-state index contributed by atoms with van der Waals surface area (Å²) in [5, 5.41) is 14.9. The van der Waals surface area contributed by atoms with Crippen LogP contribution in [0.4, 0.5) is 0 Å². The molecular formula is C20H27NO2. The molecule has 3 nitrogen and oxygen atoms in total. The number of aliphatic hydroxyl groups excluding tert-OH is 1. The Morgan fingerprint density at radius 1 is 1.13 bits per heavy atom. The smallest absolute Gasteiger partial charge is 0.227 e. The largest absolute Gasteiger partial charge is 0.393 e. The van der Waals surface area contributed by atoms with Crippen LogP contribution < -0.4 is 5.32 Å². The zero-order chi connectivity index (χ0) is 17.0. The van der Waals surface area contributed by atoms with E-state index in [1.165, 1.54) is 5.39 Å². The summed E-state index contributed by atoms with van der Waals surface area (Å²) in [5.41, 5.74) is 0.905. The molecule has 2 unspecified atom stereocenters. The minimum absolute atomic E-state index is 0.0268. The van der Waals surface area contributed by atoms with Gasteiger partial charge in [-0.2, -0.15) is 0 Å². The maximum Gasteiger partial charge on any atom is 0.227 e. The molecule has 0 radical (unpaired) electrons. The van der Waals surface area contributed by atoms with E-state index in [9.17, 15) is 9.90 Å². The molecule has 0 heterocycles. The third-order valence-corrected chi connectivity index (χ3v) is 4.26. The molecule has 2 rings (SSSR count). The summed E-state index contributed by atoms with van der Waals surface area (Å²) in [6, 6.07) is 14.3. The molecule has 23 heavy (non-hydrogen) atoms. The predicted molar refractivity (Wildman–Crippen MR) is 95.5 cm³/mol. The van der Waals surface area contributed by atoms with E-state index in [0.717, 1.165) is 10.9 Å². The van der Waals surface area contributed by atoms with Crippen LogP contribution in [0.2, 0.25) is 0 Å². The van der Waals surface area contributed by atoms with Crippen molar-refractivity contribution < 1.29 is 9.90 Å². The summed E-state index contributed by atoms with van der Waals surface area (Å²) in [6.07, 6.45) is 0.303. The van der Waals surface area contributed by atoms with E-state index >= 15 is 0 Å². The lowest BCUT2D eigenvalue weighted by atomic mass is 9.86. The number of fused-ring (bicyclic) bond motifs is 1. The van der Waals surface area contributed by atoms with E-state index in [1.807, 2.05) is 25.1 Å². The highest BCUT2D eigenvalue weighted by atomic mass is 16.3. The number of benzene rings is 2. The third-order valence-electron chi connectivity index (χ3n) is 4.26. The van der Waals surface area contributed by atoms with E-state index < -0.39 is 0 Å². The fourth-order valence-electron chi connectivity index (χ4n) is 2.98. The van der Waals surface area contributed by atoms with Crippen LogP contribution in [0.5, 0.6) is 0 Å². The second-order valence-electron chi connectivity index (χ2n) is 7.26. The van der Waals surface area contributed by atoms with Gasteiger partial charge in [0.1, 0.15) is 0 Å². The Kier molecular flexibility index (Phi) is 5.42. The van der Waals surface area contributed by atoms with Crippen molar-refractivity contribution in [3.63, 3.8) is 0 Å². The molecule has 124 valence electrons. The predicted octanol–water partition coefficient (Wildman–Crippen LogP) is 3.86. The van der Waals surface area contributed by atoms with Crippen LogP contribution in [0.3, 0.4) is 0 Å². The van der Waals surface area contributed by atoms with Crippen molar-refractivity contribution in [2.24, 2.45) is 5.41 Å². The maximum atomic E-state index is 12.4. The average Bonchev–Trinajstić information content (AvgIpc) is 2.50. The van der Waals surface area contributed by atoms with Gasteiger partial charge in [0.15, 0.2) is 0 Å². The van der Waals surface area contributed by atoms with Crippen LogP contribution in [-0.2, 0) is 4.79 Å². The third kappa shape index (κ3) is 4.80. The molecule has 2 aromatic rings. The van der Waals surface area contributed by atoms with Gasteiger partial charge in [-0.05, 0) is 42.0 Å². The maximum absolute atomic E-state index is 12.4. The molecule has 0 aliphatic heterocycles. The van der Waals surface area contributed by atoms with Gasteiger partial charge >= 0.3 is 0 Å². The zero-order valence-corrected chi connectivity index (χ0v) is 14.5. The molecule has 0 spiro atoms. The molecule has 2 atom stereocenters. The fourth-order valence-corrected chi connectivity index (χ4v) is 2.98. The summed E-state index contributed by atoms with van der Waals surface area (Å²) in [7, 11) is 0. The Morgan fingerprint density at radius 2 is 1.78 bits per heavy atom. The summed E-state index contributed by atoms with van der Waals surface area (Å²) in [5.74, 6) is -0.166. The van der Waals surface area contributed by atoms with Crippen LogP contribution >= 0.6 is 0 Å². The number of carbonyl (C=O) groups excluding carboxylic acids is 1. The highest BCUT2D eigenvalue weighted by Gasteiger charge is 2.23. The van der Waals surface area contributed by atoms with Gasteiger partial charge in [0.05, 0.1) is 12.0 Å². The van der Waals surface area contributed by atoms with Crippen LogP contribution in [0, 0.1) is 5.41 Å². The van der Waals surface area contributed by atoms with Crippen molar-refractivity contribution in [1.82, 2.24) is 5.32 Å². The highest BCUT2D eigenvalue weighted by molar-refractivity contribution is 5.87. The van der Waals surface area contributed by atoms with Crippen molar-refractivity contribution in [2.75, 3.05) is 6.54 Å². The zero-order valence-electron chi connectivity index (χ0n) is 14.5. The molecular weight excluding hydrogens is 286 g/mol. The van der Waals surface area contributed by atoms with E-state index in [2.05, 4.69) is 43.4 Å². The van der Waals surface area contributed by atoms with Gasteiger partial charge in [-0.25, -0.2) is 0 Å². The standard InChI is InChI=1S/C20H27NO2/c1-14(22)12-20(3,4)13-21-19(23)15(2)17-10-9-16-7-5-6-8-18(16)11-17/h5-11,14-15,22H,12-13H2,1-4H3,(H,21,23).